The van der Waals surface area contributed by atoms with Crippen molar-refractivity contribution in [3.05, 3.63) is 61.6 Å². The number of thiocarbonyl (C=S) groups is 1. The maximum Gasteiger partial charge on any atom is 0.270 e. The van der Waals surface area contributed by atoms with Gasteiger partial charge in [0.1, 0.15) is 12.4 Å². The third kappa shape index (κ3) is 6.69. The molecular formula is C18H17BrIN3O4S. The molecule has 0 saturated heterocycles. The number of ether oxygens (including phenoxy) is 2. The van der Waals surface area contributed by atoms with Gasteiger partial charge < -0.3 is 9.47 Å². The van der Waals surface area contributed by atoms with E-state index >= 15 is 0 Å². The number of rotatable bonds is 6. The van der Waals surface area contributed by atoms with E-state index in [1.165, 1.54) is 0 Å². The van der Waals surface area contributed by atoms with Crippen LogP contribution in [0, 0.1) is 3.57 Å². The lowest BCUT2D eigenvalue weighted by Crippen LogP contribution is -2.48. The first-order valence-electron chi connectivity index (χ1n) is 8.00. The van der Waals surface area contributed by atoms with E-state index in [0.717, 1.165) is 3.57 Å². The minimum absolute atomic E-state index is 0.0270. The van der Waals surface area contributed by atoms with Gasteiger partial charge in [-0.1, -0.05) is 12.1 Å². The van der Waals surface area contributed by atoms with Crippen LogP contribution in [-0.4, -0.2) is 37.3 Å². The summed E-state index contributed by atoms with van der Waals surface area (Å²) in [5.74, 6) is -0.189. The maximum atomic E-state index is 12.3. The van der Waals surface area contributed by atoms with E-state index in [-0.39, 0.29) is 11.0 Å². The summed E-state index contributed by atoms with van der Waals surface area (Å²) in [6.45, 7) is 0.858. The molecule has 0 fully saturated rings. The number of hydrogen-bond acceptors (Lipinski definition) is 5. The van der Waals surface area contributed by atoms with Crippen molar-refractivity contribution in [2.75, 3.05) is 20.3 Å². The Kier molecular flexibility index (Phi) is 9.09. The van der Waals surface area contributed by atoms with Gasteiger partial charge >= 0.3 is 0 Å². The molecule has 2 aromatic carbocycles. The Bertz CT molecular complexity index is 882. The third-order valence-electron chi connectivity index (χ3n) is 3.37. The van der Waals surface area contributed by atoms with Gasteiger partial charge in [-0.25, -0.2) is 0 Å². The van der Waals surface area contributed by atoms with Crippen molar-refractivity contribution in [2.24, 2.45) is 0 Å². The molecule has 10 heteroatoms. The predicted octanol–water partition coefficient (Wildman–Crippen LogP) is 3.03. The van der Waals surface area contributed by atoms with Crippen LogP contribution in [0.25, 0.3) is 0 Å². The molecule has 0 heterocycles. The summed E-state index contributed by atoms with van der Waals surface area (Å²) >= 11 is 10.5. The minimum atomic E-state index is -0.426. The predicted molar refractivity (Wildman–Crippen MR) is 121 cm³/mol. The third-order valence-corrected chi connectivity index (χ3v) is 5.14. The first kappa shape index (κ1) is 22.5. The fourth-order valence-electron chi connectivity index (χ4n) is 2.03. The number of benzene rings is 2. The molecule has 148 valence electrons. The second-order valence-electron chi connectivity index (χ2n) is 5.33. The highest BCUT2D eigenvalue weighted by molar-refractivity contribution is 14.1. The molecule has 28 heavy (non-hydrogen) atoms. The Balaban J connectivity index is 1.88. The van der Waals surface area contributed by atoms with Gasteiger partial charge in [0, 0.05) is 16.2 Å². The lowest BCUT2D eigenvalue weighted by Gasteiger charge is -2.12. The van der Waals surface area contributed by atoms with E-state index in [1.807, 2.05) is 12.1 Å². The molecule has 0 aliphatic carbocycles. The van der Waals surface area contributed by atoms with Crippen LogP contribution in [0.4, 0.5) is 0 Å². The summed E-state index contributed by atoms with van der Waals surface area (Å²) < 4.78 is 11.9. The number of hydrazine groups is 1. The molecule has 0 aromatic heterocycles. The largest absolute Gasteiger partial charge is 0.490 e. The van der Waals surface area contributed by atoms with Gasteiger partial charge in [0.2, 0.25) is 0 Å². The Labute approximate surface area is 189 Å². The van der Waals surface area contributed by atoms with Crippen molar-refractivity contribution >= 4 is 67.7 Å². The van der Waals surface area contributed by atoms with Gasteiger partial charge in [0.25, 0.3) is 11.8 Å². The number of carbonyl (C=O) groups is 2. The van der Waals surface area contributed by atoms with Crippen LogP contribution >= 0.6 is 50.7 Å². The smallest absolute Gasteiger partial charge is 0.270 e. The normalized spacial score (nSPS) is 10.1. The zero-order valence-electron chi connectivity index (χ0n) is 14.8. The first-order chi connectivity index (χ1) is 13.4. The monoisotopic (exact) mass is 577 g/mol. The van der Waals surface area contributed by atoms with Gasteiger partial charge in [0.05, 0.1) is 16.6 Å². The summed E-state index contributed by atoms with van der Waals surface area (Å²) in [7, 11) is 1.59. The average Bonchev–Trinajstić information content (AvgIpc) is 2.67. The molecule has 7 nitrogen and oxygen atoms in total. The highest BCUT2D eigenvalue weighted by Crippen LogP contribution is 2.26. The van der Waals surface area contributed by atoms with Gasteiger partial charge in [-0.2, -0.15) is 0 Å². The van der Waals surface area contributed by atoms with Crippen LogP contribution in [0.2, 0.25) is 0 Å². The number of amides is 2. The summed E-state index contributed by atoms with van der Waals surface area (Å²) in [6.07, 6.45) is 0. The van der Waals surface area contributed by atoms with Crippen LogP contribution in [0.1, 0.15) is 20.7 Å². The number of halogens is 2. The van der Waals surface area contributed by atoms with Gasteiger partial charge in [-0.05, 0) is 81.1 Å². The highest BCUT2D eigenvalue weighted by atomic mass is 127. The molecule has 3 N–H and O–H groups in total. The average molecular weight is 578 g/mol. The first-order valence-corrected chi connectivity index (χ1v) is 10.3. The molecule has 0 bridgehead atoms. The van der Waals surface area contributed by atoms with Crippen LogP contribution in [0.15, 0.2) is 46.9 Å². The molecule has 0 atom stereocenters. The van der Waals surface area contributed by atoms with Crippen LogP contribution in [0.5, 0.6) is 5.75 Å². The second-order valence-corrected chi connectivity index (χ2v) is 7.75. The maximum absolute atomic E-state index is 12.3. The molecule has 2 aromatic rings. The minimum Gasteiger partial charge on any atom is -0.490 e. The van der Waals surface area contributed by atoms with Crippen LogP contribution in [-0.2, 0) is 4.74 Å². The molecule has 0 spiro atoms. The summed E-state index contributed by atoms with van der Waals surface area (Å²) in [4.78, 5) is 24.4. The summed E-state index contributed by atoms with van der Waals surface area (Å²) in [6, 6.07) is 12.0. The number of methoxy groups -OCH3 is 1. The van der Waals surface area contributed by atoms with Gasteiger partial charge in [-0.15, -0.1) is 0 Å². The van der Waals surface area contributed by atoms with Crippen molar-refractivity contribution < 1.29 is 19.1 Å². The van der Waals surface area contributed by atoms with Crippen molar-refractivity contribution in [2.45, 2.75) is 0 Å². The van der Waals surface area contributed by atoms with Crippen molar-refractivity contribution in [1.29, 1.82) is 0 Å². The van der Waals surface area contributed by atoms with Crippen molar-refractivity contribution in [3.8, 4) is 5.75 Å². The Hall–Kier alpha value is -1.76. The van der Waals surface area contributed by atoms with E-state index in [1.54, 1.807) is 37.4 Å². The number of hydrogen-bond donors (Lipinski definition) is 3. The quantitative estimate of drug-likeness (QED) is 0.212. The van der Waals surface area contributed by atoms with E-state index in [2.05, 4.69) is 54.7 Å². The lowest BCUT2D eigenvalue weighted by atomic mass is 10.2. The molecular weight excluding hydrogens is 561 g/mol. The molecule has 2 rings (SSSR count). The fourth-order valence-corrected chi connectivity index (χ4v) is 3.30. The Morgan fingerprint density at radius 3 is 2.54 bits per heavy atom. The summed E-state index contributed by atoms with van der Waals surface area (Å²) in [5, 5.41) is 2.47. The Morgan fingerprint density at radius 1 is 1.11 bits per heavy atom. The number of carbonyl (C=O) groups excluding carboxylic acids is 2. The SMILES string of the molecule is COCCOc1ccc(C(=O)NC(=S)NNC(=O)c2ccccc2I)cc1Br. The lowest BCUT2D eigenvalue weighted by molar-refractivity contribution is 0.0934. The van der Waals surface area contributed by atoms with Crippen molar-refractivity contribution in [3.63, 3.8) is 0 Å². The van der Waals surface area contributed by atoms with E-state index in [4.69, 9.17) is 21.7 Å². The molecule has 0 aliphatic heterocycles. The van der Waals surface area contributed by atoms with Crippen molar-refractivity contribution in [1.82, 2.24) is 16.2 Å². The van der Waals surface area contributed by atoms with E-state index in [9.17, 15) is 9.59 Å². The molecule has 2 amide bonds. The van der Waals surface area contributed by atoms with Gasteiger partial charge in [-0.3, -0.25) is 25.8 Å². The van der Waals surface area contributed by atoms with Gasteiger partial charge in [0.15, 0.2) is 5.11 Å². The van der Waals surface area contributed by atoms with E-state index in [0.29, 0.717) is 34.6 Å². The zero-order chi connectivity index (χ0) is 20.5. The van der Waals surface area contributed by atoms with Crippen LogP contribution in [0.3, 0.4) is 0 Å². The zero-order valence-corrected chi connectivity index (χ0v) is 19.3. The fraction of sp³-hybridized carbons (Fsp3) is 0.167. The van der Waals surface area contributed by atoms with Crippen LogP contribution < -0.4 is 20.9 Å². The standard InChI is InChI=1S/C18H17BrIN3O4S/c1-26-8-9-27-15-7-6-11(10-13(15)19)16(24)21-18(28)23-22-17(25)12-4-2-3-5-14(12)20/h2-7,10H,8-9H2,1H3,(H,22,25)(H2,21,23,24,28). The number of nitrogens with one attached hydrogen (secondary N) is 3. The molecule has 0 saturated carbocycles. The van der Waals surface area contributed by atoms with E-state index < -0.39 is 5.91 Å². The highest BCUT2D eigenvalue weighted by Gasteiger charge is 2.13. The molecule has 0 unspecified atom stereocenters. The topological polar surface area (TPSA) is 88.7 Å². The molecule has 0 aliphatic rings. The Morgan fingerprint density at radius 2 is 1.86 bits per heavy atom. The summed E-state index contributed by atoms with van der Waals surface area (Å²) in [5.41, 5.74) is 5.84. The second kappa shape index (κ2) is 11.3. The molecule has 0 radical (unpaired) electrons.